The summed E-state index contributed by atoms with van der Waals surface area (Å²) in [7, 11) is 0. The van der Waals surface area contributed by atoms with Crippen LogP contribution < -0.4 is 10.9 Å². The highest BCUT2D eigenvalue weighted by Crippen LogP contribution is 2.24. The predicted molar refractivity (Wildman–Crippen MR) is 137 cm³/mol. The molecule has 4 aromatic rings. The molecule has 1 aliphatic rings. The molecule has 34 heavy (non-hydrogen) atoms. The van der Waals surface area contributed by atoms with E-state index in [1.165, 1.54) is 29.5 Å². The van der Waals surface area contributed by atoms with Crippen molar-refractivity contribution in [3.05, 3.63) is 69.6 Å². The van der Waals surface area contributed by atoms with Crippen molar-refractivity contribution in [2.75, 3.05) is 26.2 Å². The van der Waals surface area contributed by atoms with Crippen LogP contribution in [0.5, 0.6) is 0 Å². The topological polar surface area (TPSA) is 71.6 Å². The van der Waals surface area contributed by atoms with Crippen molar-refractivity contribution in [2.45, 2.75) is 39.2 Å². The van der Waals surface area contributed by atoms with E-state index in [2.05, 4.69) is 45.6 Å². The molecule has 0 radical (unpaired) electrons. The molecule has 7 nitrogen and oxygen atoms in total. The lowest BCUT2D eigenvalue weighted by atomic mass is 9.90. The first kappa shape index (κ1) is 22.8. The highest BCUT2D eigenvalue weighted by Gasteiger charge is 2.19. The first-order valence-corrected chi connectivity index (χ1v) is 13.0. The van der Waals surface area contributed by atoms with Gasteiger partial charge in [-0.15, -0.1) is 11.3 Å². The molecule has 0 atom stereocenters. The van der Waals surface area contributed by atoms with Crippen LogP contribution in [0.15, 0.2) is 52.6 Å². The summed E-state index contributed by atoms with van der Waals surface area (Å²) in [6.07, 6.45) is 4.54. The van der Waals surface area contributed by atoms with Crippen LogP contribution in [0, 0.1) is 12.8 Å². The molecule has 1 saturated heterocycles. The maximum Gasteiger partial charge on any atom is 0.291 e. The Labute approximate surface area is 203 Å². The molecular weight excluding hydrogens is 446 g/mol. The van der Waals surface area contributed by atoms with Crippen LogP contribution in [0.1, 0.15) is 30.7 Å². The minimum atomic E-state index is -0.234. The van der Waals surface area contributed by atoms with Crippen molar-refractivity contribution in [3.63, 3.8) is 0 Å². The standard InChI is InChI=1S/C26H31N5O2S/c1-19-28-30(26(33)23-17-24-22(31(19)23)10-15-34-24)18-25(32)27-11-5-12-29-13-8-21(9-14-29)16-20-6-3-2-4-7-20/h2-4,6-7,10,15,17,21H,5,8-9,11-14,16,18H2,1H3,(H,27,32). The summed E-state index contributed by atoms with van der Waals surface area (Å²) >= 11 is 1.60. The number of thiophene rings is 1. The van der Waals surface area contributed by atoms with E-state index in [0.717, 1.165) is 42.2 Å². The quantitative estimate of drug-likeness (QED) is 0.395. The van der Waals surface area contributed by atoms with E-state index in [0.29, 0.717) is 17.9 Å². The van der Waals surface area contributed by atoms with Gasteiger partial charge in [0.15, 0.2) is 0 Å². The first-order chi connectivity index (χ1) is 16.6. The Morgan fingerprint density at radius 2 is 1.94 bits per heavy atom. The number of carbonyl (C=O) groups excluding carboxylic acids is 1. The number of nitrogens with one attached hydrogen (secondary N) is 1. The lowest BCUT2D eigenvalue weighted by molar-refractivity contribution is -0.121. The molecule has 0 bridgehead atoms. The fraction of sp³-hybridized carbons (Fsp3) is 0.423. The van der Waals surface area contributed by atoms with E-state index in [1.807, 2.05) is 28.8 Å². The van der Waals surface area contributed by atoms with E-state index in [1.54, 1.807) is 11.3 Å². The van der Waals surface area contributed by atoms with Gasteiger partial charge in [-0.25, -0.2) is 4.68 Å². The van der Waals surface area contributed by atoms with Crippen molar-refractivity contribution in [1.82, 2.24) is 24.4 Å². The number of piperidine rings is 1. The zero-order valence-electron chi connectivity index (χ0n) is 19.6. The molecule has 4 heterocycles. The summed E-state index contributed by atoms with van der Waals surface area (Å²) in [6.45, 7) is 5.65. The van der Waals surface area contributed by atoms with Gasteiger partial charge in [0, 0.05) is 6.54 Å². The van der Waals surface area contributed by atoms with Crippen LogP contribution in [-0.2, 0) is 17.8 Å². The van der Waals surface area contributed by atoms with Crippen LogP contribution in [0.2, 0.25) is 0 Å². The number of fused-ring (bicyclic) bond motifs is 3. The van der Waals surface area contributed by atoms with Crippen molar-refractivity contribution < 1.29 is 4.79 Å². The minimum Gasteiger partial charge on any atom is -0.354 e. The molecule has 1 fully saturated rings. The number of amides is 1. The molecule has 5 rings (SSSR count). The molecule has 8 heteroatoms. The maximum absolute atomic E-state index is 12.9. The third-order valence-electron chi connectivity index (χ3n) is 6.81. The molecule has 1 amide bonds. The summed E-state index contributed by atoms with van der Waals surface area (Å²) in [5.41, 5.74) is 2.76. The summed E-state index contributed by atoms with van der Waals surface area (Å²) in [5, 5.41) is 9.35. The van der Waals surface area contributed by atoms with Crippen molar-refractivity contribution in [1.29, 1.82) is 0 Å². The lowest BCUT2D eigenvalue weighted by Crippen LogP contribution is -2.38. The van der Waals surface area contributed by atoms with Crippen LogP contribution in [0.4, 0.5) is 0 Å². The monoisotopic (exact) mass is 477 g/mol. The Morgan fingerprint density at radius 3 is 2.74 bits per heavy atom. The number of aryl methyl sites for hydroxylation is 1. The molecule has 0 spiro atoms. The molecule has 0 saturated carbocycles. The third kappa shape index (κ3) is 4.93. The fourth-order valence-corrected chi connectivity index (χ4v) is 5.82. The maximum atomic E-state index is 12.9. The van der Waals surface area contributed by atoms with Crippen molar-refractivity contribution in [2.24, 2.45) is 5.92 Å². The van der Waals surface area contributed by atoms with Gasteiger partial charge in [0.25, 0.3) is 5.56 Å². The molecule has 0 aliphatic carbocycles. The van der Waals surface area contributed by atoms with Gasteiger partial charge < -0.3 is 10.2 Å². The number of nitrogens with zero attached hydrogens (tertiary/aromatic N) is 4. The van der Waals surface area contributed by atoms with Gasteiger partial charge in [0.1, 0.15) is 17.9 Å². The number of rotatable bonds is 8. The van der Waals surface area contributed by atoms with Gasteiger partial charge in [-0.05, 0) is 81.2 Å². The summed E-state index contributed by atoms with van der Waals surface area (Å²) in [4.78, 5) is 27.8. The highest BCUT2D eigenvalue weighted by atomic mass is 32.1. The Bertz CT molecular complexity index is 1330. The predicted octanol–water partition coefficient (Wildman–Crippen LogP) is 3.48. The molecule has 1 N–H and O–H groups in total. The Kier molecular flexibility index (Phi) is 6.78. The van der Waals surface area contributed by atoms with Gasteiger partial charge >= 0.3 is 0 Å². The fourth-order valence-electron chi connectivity index (χ4n) is 5.02. The smallest absolute Gasteiger partial charge is 0.291 e. The summed E-state index contributed by atoms with van der Waals surface area (Å²) in [5.74, 6) is 1.29. The largest absolute Gasteiger partial charge is 0.354 e. The third-order valence-corrected chi connectivity index (χ3v) is 7.66. The molecule has 3 aromatic heterocycles. The second-order valence-corrected chi connectivity index (χ2v) is 10.2. The number of benzene rings is 1. The molecule has 1 aromatic carbocycles. The minimum absolute atomic E-state index is 0.0557. The first-order valence-electron chi connectivity index (χ1n) is 12.1. The number of hydrogen-bond acceptors (Lipinski definition) is 5. The molecule has 178 valence electrons. The summed E-state index contributed by atoms with van der Waals surface area (Å²) < 4.78 is 4.19. The van der Waals surface area contributed by atoms with Gasteiger partial charge in [0.2, 0.25) is 5.91 Å². The Balaban J connectivity index is 1.07. The van der Waals surface area contributed by atoms with Gasteiger partial charge in [-0.1, -0.05) is 30.3 Å². The van der Waals surface area contributed by atoms with E-state index >= 15 is 0 Å². The van der Waals surface area contributed by atoms with E-state index in [4.69, 9.17) is 0 Å². The van der Waals surface area contributed by atoms with Gasteiger partial charge in [-0.2, -0.15) is 5.10 Å². The van der Waals surface area contributed by atoms with Gasteiger partial charge in [0.05, 0.1) is 10.2 Å². The Hall–Kier alpha value is -2.97. The SMILES string of the molecule is Cc1nn(CC(=O)NCCCN2CCC(Cc3ccccc3)CC2)c(=O)c2cc3sccc3n12. The zero-order valence-corrected chi connectivity index (χ0v) is 20.4. The summed E-state index contributed by atoms with van der Waals surface area (Å²) in [6, 6.07) is 14.6. The molecule has 1 aliphatic heterocycles. The van der Waals surface area contributed by atoms with Crippen LogP contribution in [0.3, 0.4) is 0 Å². The normalized spacial score (nSPS) is 15.3. The second kappa shape index (κ2) is 10.1. The molecular formula is C26H31N5O2S. The Morgan fingerprint density at radius 1 is 1.15 bits per heavy atom. The van der Waals surface area contributed by atoms with E-state index < -0.39 is 0 Å². The van der Waals surface area contributed by atoms with E-state index in [9.17, 15) is 9.59 Å². The average Bonchev–Trinajstić information content (AvgIpc) is 3.44. The van der Waals surface area contributed by atoms with Gasteiger partial charge in [-0.3, -0.25) is 14.0 Å². The zero-order chi connectivity index (χ0) is 23.5. The van der Waals surface area contributed by atoms with Crippen molar-refractivity contribution >= 4 is 33.0 Å². The average molecular weight is 478 g/mol. The molecule has 0 unspecified atom stereocenters. The highest BCUT2D eigenvalue weighted by molar-refractivity contribution is 7.17. The van der Waals surface area contributed by atoms with Crippen molar-refractivity contribution in [3.8, 4) is 0 Å². The van der Waals surface area contributed by atoms with Crippen LogP contribution >= 0.6 is 11.3 Å². The number of carbonyl (C=O) groups is 1. The number of aromatic nitrogens is 3. The lowest BCUT2D eigenvalue weighted by Gasteiger charge is -2.32. The van der Waals surface area contributed by atoms with E-state index in [-0.39, 0.29) is 18.0 Å². The second-order valence-electron chi connectivity index (χ2n) is 9.22. The van der Waals surface area contributed by atoms with Crippen LogP contribution in [0.25, 0.3) is 15.7 Å². The van der Waals surface area contributed by atoms with Crippen LogP contribution in [-0.4, -0.2) is 51.2 Å². The number of likely N-dealkylation sites (tertiary alicyclic amines) is 1. The number of hydrogen-bond donors (Lipinski definition) is 1.